The summed E-state index contributed by atoms with van der Waals surface area (Å²) in [6, 6.07) is 10.9. The van der Waals surface area contributed by atoms with Gasteiger partial charge in [0.25, 0.3) is 0 Å². The maximum atomic E-state index is 13.4. The third-order valence-electron chi connectivity index (χ3n) is 2.94. The molecule has 100 valence electrons. The van der Waals surface area contributed by atoms with Gasteiger partial charge in [-0.15, -0.1) is 0 Å². The Labute approximate surface area is 116 Å². The Bertz CT molecular complexity index is 555. The van der Waals surface area contributed by atoms with E-state index in [1.54, 1.807) is 18.2 Å². The molecule has 0 saturated heterocycles. The van der Waals surface area contributed by atoms with Crippen LogP contribution in [0.25, 0.3) is 0 Å². The molecule has 0 aliphatic rings. The minimum absolute atomic E-state index is 0.00109. The fourth-order valence-electron chi connectivity index (χ4n) is 1.90. The van der Waals surface area contributed by atoms with Crippen molar-refractivity contribution in [1.82, 2.24) is 0 Å². The average molecular weight is 282 g/mol. The van der Waals surface area contributed by atoms with E-state index in [0.717, 1.165) is 12.0 Å². The molecule has 1 unspecified atom stereocenters. The van der Waals surface area contributed by atoms with Gasteiger partial charge in [0.2, 0.25) is 0 Å². The highest BCUT2D eigenvalue weighted by Crippen LogP contribution is 2.25. The first kappa shape index (κ1) is 13.8. The Morgan fingerprint density at radius 1 is 1.11 bits per heavy atom. The van der Waals surface area contributed by atoms with Crippen LogP contribution in [0.5, 0.6) is 0 Å². The molecule has 1 atom stereocenters. The summed E-state index contributed by atoms with van der Waals surface area (Å²) < 4.78 is 26.3. The van der Waals surface area contributed by atoms with E-state index in [1.165, 1.54) is 24.3 Å². The van der Waals surface area contributed by atoms with Gasteiger partial charge < -0.3 is 5.32 Å². The first-order valence-electron chi connectivity index (χ1n) is 6.07. The van der Waals surface area contributed by atoms with Gasteiger partial charge in [0.05, 0.1) is 11.1 Å². The minimum atomic E-state index is -0.458. The second kappa shape index (κ2) is 6.02. The number of anilines is 1. The molecule has 1 N–H and O–H groups in total. The van der Waals surface area contributed by atoms with Crippen LogP contribution in [0, 0.1) is 11.6 Å². The van der Waals surface area contributed by atoms with E-state index in [1.807, 2.05) is 6.92 Å². The smallest absolute Gasteiger partial charge is 0.143 e. The number of nitrogens with one attached hydrogen (secondary N) is 1. The molecule has 0 saturated carbocycles. The summed E-state index contributed by atoms with van der Waals surface area (Å²) in [7, 11) is 0. The molecule has 0 radical (unpaired) electrons. The quantitative estimate of drug-likeness (QED) is 0.814. The van der Waals surface area contributed by atoms with E-state index in [4.69, 9.17) is 11.6 Å². The molecule has 0 spiro atoms. The van der Waals surface area contributed by atoms with Crippen LogP contribution in [0.4, 0.5) is 14.5 Å². The van der Waals surface area contributed by atoms with Crippen LogP contribution in [0.3, 0.4) is 0 Å². The molecule has 0 fully saturated rings. The average Bonchev–Trinajstić information content (AvgIpc) is 2.41. The molecular weight excluding hydrogens is 268 g/mol. The van der Waals surface area contributed by atoms with E-state index in [0.29, 0.717) is 5.69 Å². The fourth-order valence-corrected chi connectivity index (χ4v) is 2.02. The van der Waals surface area contributed by atoms with Crippen LogP contribution in [-0.4, -0.2) is 0 Å². The van der Waals surface area contributed by atoms with Crippen LogP contribution in [-0.2, 0) is 0 Å². The van der Waals surface area contributed by atoms with E-state index < -0.39 is 5.82 Å². The van der Waals surface area contributed by atoms with Crippen molar-refractivity contribution in [2.24, 2.45) is 0 Å². The van der Waals surface area contributed by atoms with Crippen molar-refractivity contribution in [2.45, 2.75) is 19.4 Å². The molecule has 1 nitrogen and oxygen atoms in total. The molecular formula is C15H14ClF2N. The number of rotatable bonds is 4. The van der Waals surface area contributed by atoms with Gasteiger partial charge in [-0.3, -0.25) is 0 Å². The molecule has 0 aromatic heterocycles. The topological polar surface area (TPSA) is 12.0 Å². The highest BCUT2D eigenvalue weighted by molar-refractivity contribution is 6.30. The second-order valence-electron chi connectivity index (χ2n) is 4.29. The lowest BCUT2D eigenvalue weighted by Crippen LogP contribution is -2.09. The van der Waals surface area contributed by atoms with Gasteiger partial charge in [-0.1, -0.05) is 30.7 Å². The van der Waals surface area contributed by atoms with Gasteiger partial charge in [-0.2, -0.15) is 0 Å². The molecule has 4 heteroatoms. The van der Waals surface area contributed by atoms with Crippen LogP contribution >= 0.6 is 11.6 Å². The zero-order valence-electron chi connectivity index (χ0n) is 10.5. The largest absolute Gasteiger partial charge is 0.378 e. The first-order chi connectivity index (χ1) is 9.10. The predicted octanol–water partition coefficient (Wildman–Crippen LogP) is 5.18. The Morgan fingerprint density at radius 2 is 1.79 bits per heavy atom. The summed E-state index contributed by atoms with van der Waals surface area (Å²) in [6.45, 7) is 2.01. The molecule has 2 aromatic carbocycles. The van der Waals surface area contributed by atoms with E-state index in [9.17, 15) is 8.78 Å². The Kier molecular flexibility index (Phi) is 4.38. The third-order valence-corrected chi connectivity index (χ3v) is 3.25. The van der Waals surface area contributed by atoms with Crippen LogP contribution in [0.2, 0.25) is 5.02 Å². The van der Waals surface area contributed by atoms with Crippen LogP contribution in [0.1, 0.15) is 24.9 Å². The summed E-state index contributed by atoms with van der Waals surface area (Å²) in [5, 5.41) is 3.31. The van der Waals surface area contributed by atoms with Crippen molar-refractivity contribution in [3.63, 3.8) is 0 Å². The minimum Gasteiger partial charge on any atom is -0.378 e. The summed E-state index contributed by atoms with van der Waals surface area (Å²) in [5.41, 5.74) is 1.61. The third kappa shape index (κ3) is 3.44. The zero-order chi connectivity index (χ0) is 13.8. The lowest BCUT2D eigenvalue weighted by molar-refractivity contribution is 0.624. The fraction of sp³-hybridized carbons (Fsp3) is 0.200. The van der Waals surface area contributed by atoms with E-state index in [2.05, 4.69) is 5.32 Å². The standard InChI is InChI=1S/C15H14ClF2N/c1-2-15(10-3-5-11(17)6-4-10)19-12-7-8-13(16)14(18)9-12/h3-9,15,19H,2H2,1H3. The van der Waals surface area contributed by atoms with Gasteiger partial charge in [-0.05, 0) is 42.3 Å². The zero-order valence-corrected chi connectivity index (χ0v) is 11.2. The van der Waals surface area contributed by atoms with Gasteiger partial charge >= 0.3 is 0 Å². The lowest BCUT2D eigenvalue weighted by atomic mass is 10.0. The van der Waals surface area contributed by atoms with Crippen LogP contribution in [0.15, 0.2) is 42.5 Å². The van der Waals surface area contributed by atoms with E-state index in [-0.39, 0.29) is 16.9 Å². The Hall–Kier alpha value is -1.61. The van der Waals surface area contributed by atoms with Crippen molar-refractivity contribution >= 4 is 17.3 Å². The van der Waals surface area contributed by atoms with Gasteiger partial charge in [0, 0.05) is 5.69 Å². The molecule has 0 heterocycles. The van der Waals surface area contributed by atoms with Crippen LogP contribution < -0.4 is 5.32 Å². The monoisotopic (exact) mass is 281 g/mol. The van der Waals surface area contributed by atoms with E-state index >= 15 is 0 Å². The highest BCUT2D eigenvalue weighted by atomic mass is 35.5. The summed E-state index contributed by atoms with van der Waals surface area (Å²) in [6.07, 6.45) is 0.801. The lowest BCUT2D eigenvalue weighted by Gasteiger charge is -2.19. The molecule has 0 amide bonds. The molecule has 2 aromatic rings. The number of benzene rings is 2. The Morgan fingerprint density at radius 3 is 2.37 bits per heavy atom. The first-order valence-corrected chi connectivity index (χ1v) is 6.45. The van der Waals surface area contributed by atoms with Gasteiger partial charge in [0.1, 0.15) is 11.6 Å². The van der Waals surface area contributed by atoms with Crippen molar-refractivity contribution in [3.8, 4) is 0 Å². The van der Waals surface area contributed by atoms with Gasteiger partial charge in [-0.25, -0.2) is 8.78 Å². The number of hydrogen-bond acceptors (Lipinski definition) is 1. The maximum Gasteiger partial charge on any atom is 0.143 e. The van der Waals surface area contributed by atoms with Crippen molar-refractivity contribution in [3.05, 3.63) is 64.7 Å². The van der Waals surface area contributed by atoms with Crippen molar-refractivity contribution in [1.29, 1.82) is 0 Å². The SMILES string of the molecule is CCC(Nc1ccc(Cl)c(F)c1)c1ccc(F)cc1. The predicted molar refractivity (Wildman–Crippen MR) is 74.5 cm³/mol. The summed E-state index contributed by atoms with van der Waals surface area (Å²) in [4.78, 5) is 0. The number of hydrogen-bond donors (Lipinski definition) is 1. The number of halogens is 3. The van der Waals surface area contributed by atoms with Crippen molar-refractivity contribution in [2.75, 3.05) is 5.32 Å². The molecule has 2 rings (SSSR count). The molecule has 19 heavy (non-hydrogen) atoms. The Balaban J connectivity index is 2.18. The maximum absolute atomic E-state index is 13.4. The normalized spacial score (nSPS) is 12.2. The molecule has 0 aliphatic heterocycles. The second-order valence-corrected chi connectivity index (χ2v) is 4.69. The summed E-state index contributed by atoms with van der Waals surface area (Å²) >= 11 is 5.64. The molecule has 0 aliphatic carbocycles. The highest BCUT2D eigenvalue weighted by Gasteiger charge is 2.10. The van der Waals surface area contributed by atoms with Crippen molar-refractivity contribution < 1.29 is 8.78 Å². The molecule has 0 bridgehead atoms. The van der Waals surface area contributed by atoms with Gasteiger partial charge in [0.15, 0.2) is 0 Å². The summed E-state index contributed by atoms with van der Waals surface area (Å²) in [5.74, 6) is -0.725.